The number of ketones is 1. The Bertz CT molecular complexity index is 726. The zero-order valence-electron chi connectivity index (χ0n) is 14.6. The lowest BCUT2D eigenvalue weighted by molar-refractivity contribution is -0.123. The fourth-order valence-electron chi connectivity index (χ4n) is 5.43. The quantitative estimate of drug-likeness (QED) is 0.903. The summed E-state index contributed by atoms with van der Waals surface area (Å²) < 4.78 is 5.77. The first-order chi connectivity index (χ1) is 11.5. The van der Waals surface area contributed by atoms with Gasteiger partial charge in [-0.3, -0.25) is 4.79 Å². The van der Waals surface area contributed by atoms with Gasteiger partial charge in [-0.1, -0.05) is 25.1 Å². The summed E-state index contributed by atoms with van der Waals surface area (Å²) in [7, 11) is 3.86. The van der Waals surface area contributed by atoms with Crippen LogP contribution in [0.15, 0.2) is 24.3 Å². The number of likely N-dealkylation sites (tertiary alicyclic amines) is 1. The lowest BCUT2D eigenvalue weighted by Gasteiger charge is -2.58. The summed E-state index contributed by atoms with van der Waals surface area (Å²) in [6.45, 7) is 3.01. The van der Waals surface area contributed by atoms with Crippen LogP contribution in [0.25, 0.3) is 0 Å². The monoisotopic (exact) mass is 327 g/mol. The molecule has 1 aromatic rings. The highest BCUT2D eigenvalue weighted by Crippen LogP contribution is 2.58. The molecule has 4 heteroatoms. The lowest BCUT2D eigenvalue weighted by atomic mass is 9.50. The summed E-state index contributed by atoms with van der Waals surface area (Å²) in [5, 5.41) is 9.76. The molecule has 0 spiro atoms. The minimum atomic E-state index is -0.215. The number of rotatable bonds is 2. The fraction of sp³-hybridized carbons (Fsp3) is 0.550. The second-order valence-corrected chi connectivity index (χ2v) is 7.50. The standard InChI is InChI=1S/C20H25NO3/c1-12-17(23)7-6-15-16-10-13-4-5-14(11-22)19(24-3)18(13)20(12,15)8-9-21(16)2/h4-7,12,15-16,22H,8-11H2,1-3H3/t12?,15-,16+,20-/m0/s1. The van der Waals surface area contributed by atoms with E-state index in [1.807, 2.05) is 6.07 Å². The van der Waals surface area contributed by atoms with Crippen LogP contribution in [0.3, 0.4) is 0 Å². The molecule has 1 N–H and O–H groups in total. The van der Waals surface area contributed by atoms with E-state index in [-0.39, 0.29) is 23.7 Å². The Morgan fingerprint density at radius 2 is 2.21 bits per heavy atom. The van der Waals surface area contributed by atoms with Crippen molar-refractivity contribution in [1.82, 2.24) is 4.90 Å². The number of carbonyl (C=O) groups is 1. The maximum atomic E-state index is 12.6. The summed E-state index contributed by atoms with van der Waals surface area (Å²) in [4.78, 5) is 15.0. The highest BCUT2D eigenvalue weighted by Gasteiger charge is 2.58. The van der Waals surface area contributed by atoms with E-state index in [2.05, 4.69) is 31.0 Å². The maximum absolute atomic E-state index is 12.6. The van der Waals surface area contributed by atoms with E-state index < -0.39 is 0 Å². The van der Waals surface area contributed by atoms with Gasteiger partial charge in [0.05, 0.1) is 13.7 Å². The van der Waals surface area contributed by atoms with Crippen LogP contribution >= 0.6 is 0 Å². The molecular formula is C20H25NO3. The van der Waals surface area contributed by atoms with E-state index in [9.17, 15) is 9.90 Å². The summed E-state index contributed by atoms with van der Waals surface area (Å²) in [6.07, 6.45) is 5.83. The van der Waals surface area contributed by atoms with Crippen LogP contribution < -0.4 is 4.74 Å². The topological polar surface area (TPSA) is 49.8 Å². The average Bonchev–Trinajstić information content (AvgIpc) is 2.60. The van der Waals surface area contributed by atoms with Crippen LogP contribution in [0.4, 0.5) is 0 Å². The molecule has 4 atom stereocenters. The Labute approximate surface area is 143 Å². The number of aliphatic hydroxyl groups is 1. The number of carbonyl (C=O) groups excluding carboxylic acids is 1. The second-order valence-electron chi connectivity index (χ2n) is 7.50. The number of ether oxygens (including phenoxy) is 1. The normalized spacial score (nSPS) is 34.7. The number of nitrogens with zero attached hydrogens (tertiary/aromatic N) is 1. The van der Waals surface area contributed by atoms with E-state index in [1.54, 1.807) is 13.2 Å². The van der Waals surface area contributed by atoms with Crippen molar-refractivity contribution >= 4 is 5.78 Å². The van der Waals surface area contributed by atoms with E-state index in [4.69, 9.17) is 4.74 Å². The predicted octanol–water partition coefficient (Wildman–Crippen LogP) is 2.08. The summed E-state index contributed by atoms with van der Waals surface area (Å²) in [5.74, 6) is 1.25. The van der Waals surface area contributed by atoms with Crippen LogP contribution in [0, 0.1) is 11.8 Å². The van der Waals surface area contributed by atoms with Crippen molar-refractivity contribution in [1.29, 1.82) is 0 Å². The van der Waals surface area contributed by atoms with Gasteiger partial charge in [-0.05, 0) is 38.1 Å². The van der Waals surface area contributed by atoms with E-state index in [1.165, 1.54) is 11.1 Å². The molecule has 4 nitrogen and oxygen atoms in total. The molecule has 0 aromatic heterocycles. The molecule has 0 saturated carbocycles. The highest BCUT2D eigenvalue weighted by atomic mass is 16.5. The number of likely N-dealkylation sites (N-methyl/N-ethyl adjacent to an activating group) is 1. The Hall–Kier alpha value is -1.65. The van der Waals surface area contributed by atoms with Gasteiger partial charge < -0.3 is 14.7 Å². The smallest absolute Gasteiger partial charge is 0.159 e. The van der Waals surface area contributed by atoms with Crippen molar-refractivity contribution in [2.24, 2.45) is 11.8 Å². The molecule has 1 fully saturated rings. The molecular weight excluding hydrogens is 302 g/mol. The molecule has 0 radical (unpaired) electrons. The van der Waals surface area contributed by atoms with Crippen molar-refractivity contribution in [2.45, 2.75) is 37.8 Å². The number of fused-ring (bicyclic) bond motifs is 1. The lowest BCUT2D eigenvalue weighted by Crippen LogP contribution is -2.62. The molecule has 1 heterocycles. The van der Waals surface area contributed by atoms with Gasteiger partial charge in [0.1, 0.15) is 5.75 Å². The first-order valence-corrected chi connectivity index (χ1v) is 8.77. The summed E-state index contributed by atoms with van der Waals surface area (Å²) >= 11 is 0. The van der Waals surface area contributed by atoms with Crippen molar-refractivity contribution in [2.75, 3.05) is 20.7 Å². The van der Waals surface area contributed by atoms with Gasteiger partial charge in [0, 0.05) is 34.4 Å². The van der Waals surface area contributed by atoms with Crippen LogP contribution in [-0.4, -0.2) is 42.5 Å². The Balaban J connectivity index is 2.04. The third-order valence-electron chi connectivity index (χ3n) is 6.72. The van der Waals surface area contributed by atoms with Gasteiger partial charge >= 0.3 is 0 Å². The SMILES string of the molecule is COc1c(CO)ccc2c1[C@]13CCN(C)[C@H](C2)[C@@H]1C=CC(=O)C3C. The zero-order chi connectivity index (χ0) is 17.1. The third kappa shape index (κ3) is 1.84. The molecule has 1 saturated heterocycles. The molecule has 3 aliphatic rings. The molecule has 1 aliphatic heterocycles. The first kappa shape index (κ1) is 15.9. The minimum Gasteiger partial charge on any atom is -0.496 e. The molecule has 24 heavy (non-hydrogen) atoms. The van der Waals surface area contributed by atoms with Crippen molar-refractivity contribution < 1.29 is 14.6 Å². The van der Waals surface area contributed by atoms with Crippen molar-refractivity contribution in [3.8, 4) is 5.75 Å². The maximum Gasteiger partial charge on any atom is 0.159 e. The van der Waals surface area contributed by atoms with Gasteiger partial charge in [-0.15, -0.1) is 0 Å². The van der Waals surface area contributed by atoms with E-state index in [0.717, 1.165) is 30.7 Å². The zero-order valence-corrected chi connectivity index (χ0v) is 14.6. The highest BCUT2D eigenvalue weighted by molar-refractivity contribution is 5.94. The van der Waals surface area contributed by atoms with Gasteiger partial charge in [-0.25, -0.2) is 0 Å². The van der Waals surface area contributed by atoms with E-state index >= 15 is 0 Å². The Kier molecular flexibility index (Phi) is 3.59. The molecule has 0 amide bonds. The second kappa shape index (κ2) is 5.43. The van der Waals surface area contributed by atoms with Gasteiger partial charge in [0.2, 0.25) is 0 Å². The minimum absolute atomic E-state index is 0.0430. The summed E-state index contributed by atoms with van der Waals surface area (Å²) in [6, 6.07) is 4.51. The number of allylic oxidation sites excluding steroid dienone is 1. The van der Waals surface area contributed by atoms with Crippen LogP contribution in [0.2, 0.25) is 0 Å². The summed E-state index contributed by atoms with van der Waals surface area (Å²) in [5.41, 5.74) is 3.05. The molecule has 4 rings (SSSR count). The molecule has 2 aliphatic carbocycles. The molecule has 2 bridgehead atoms. The largest absolute Gasteiger partial charge is 0.496 e. The van der Waals surface area contributed by atoms with E-state index in [0.29, 0.717) is 12.0 Å². The Morgan fingerprint density at radius 1 is 1.42 bits per heavy atom. The number of methoxy groups -OCH3 is 1. The Morgan fingerprint density at radius 3 is 2.92 bits per heavy atom. The molecule has 128 valence electrons. The number of hydrogen-bond donors (Lipinski definition) is 1. The van der Waals surface area contributed by atoms with Gasteiger partial charge in [0.15, 0.2) is 5.78 Å². The van der Waals surface area contributed by atoms with Gasteiger partial charge in [-0.2, -0.15) is 0 Å². The van der Waals surface area contributed by atoms with Crippen molar-refractivity contribution in [3.63, 3.8) is 0 Å². The van der Waals surface area contributed by atoms with Crippen LogP contribution in [0.5, 0.6) is 5.75 Å². The third-order valence-corrected chi connectivity index (χ3v) is 6.72. The van der Waals surface area contributed by atoms with Crippen molar-refractivity contribution in [3.05, 3.63) is 41.0 Å². The fourth-order valence-corrected chi connectivity index (χ4v) is 5.43. The first-order valence-electron chi connectivity index (χ1n) is 8.77. The van der Waals surface area contributed by atoms with Crippen LogP contribution in [0.1, 0.15) is 30.0 Å². The number of piperidine rings is 1. The molecule has 1 unspecified atom stereocenters. The number of hydrogen-bond acceptors (Lipinski definition) is 4. The molecule has 1 aromatic carbocycles. The average molecular weight is 327 g/mol. The van der Waals surface area contributed by atoms with Gasteiger partial charge in [0.25, 0.3) is 0 Å². The number of aliphatic hydroxyl groups excluding tert-OH is 1. The number of benzene rings is 1. The predicted molar refractivity (Wildman–Crippen MR) is 92.1 cm³/mol. The van der Waals surface area contributed by atoms with Crippen LogP contribution in [-0.2, 0) is 23.2 Å².